The minimum absolute atomic E-state index is 0.187. The molecule has 0 spiro atoms. The highest BCUT2D eigenvalue weighted by Crippen LogP contribution is 2.21. The second kappa shape index (κ2) is 5.60. The second-order valence-electron chi connectivity index (χ2n) is 2.88. The molecule has 0 N–H and O–H groups in total. The number of aromatic nitrogens is 1. The monoisotopic (exact) mass is 270 g/mol. The highest BCUT2D eigenvalue weighted by atomic mass is 35.5. The summed E-state index contributed by atoms with van der Waals surface area (Å²) >= 11 is 5.67. The highest BCUT2D eigenvalue weighted by Gasteiger charge is 2.26. The van der Waals surface area contributed by atoms with E-state index < -0.39 is 23.1 Å². The van der Waals surface area contributed by atoms with Crippen molar-refractivity contribution >= 4 is 21.6 Å². The van der Waals surface area contributed by atoms with E-state index in [0.717, 1.165) is 4.31 Å². The molecule has 88 valence electrons. The fourth-order valence-electron chi connectivity index (χ4n) is 1.09. The van der Waals surface area contributed by atoms with Crippen molar-refractivity contribution in [1.82, 2.24) is 9.29 Å². The van der Waals surface area contributed by atoms with Gasteiger partial charge in [0.2, 0.25) is 10.0 Å². The van der Waals surface area contributed by atoms with Crippen LogP contribution < -0.4 is 0 Å². The minimum Gasteiger partial charge on any atom is -0.243 e. The number of hydrogen-bond acceptors (Lipinski definition) is 5. The predicted octanol–water partition coefficient (Wildman–Crippen LogP) is 0.773. The summed E-state index contributed by atoms with van der Waals surface area (Å²) in [5.41, 5.74) is 0. The van der Waals surface area contributed by atoms with Gasteiger partial charge < -0.3 is 0 Å². The Bertz CT molecular complexity index is 572. The van der Waals surface area contributed by atoms with Crippen molar-refractivity contribution in [2.75, 3.05) is 13.1 Å². The van der Waals surface area contributed by atoms with Crippen LogP contribution in [0.5, 0.6) is 0 Å². The first-order valence-electron chi connectivity index (χ1n) is 4.38. The summed E-state index contributed by atoms with van der Waals surface area (Å²) in [6, 6.07) is 6.04. The Morgan fingerprint density at radius 1 is 1.35 bits per heavy atom. The van der Waals surface area contributed by atoms with Gasteiger partial charge in [0, 0.05) is 6.20 Å². The Kier molecular flexibility index (Phi) is 4.41. The average Bonchev–Trinajstić information content (AvgIpc) is 2.29. The molecule has 1 aromatic rings. The van der Waals surface area contributed by atoms with E-state index in [9.17, 15) is 8.42 Å². The van der Waals surface area contributed by atoms with Gasteiger partial charge in [-0.15, -0.1) is 0 Å². The van der Waals surface area contributed by atoms with Gasteiger partial charge in [-0.2, -0.15) is 14.8 Å². The average molecular weight is 271 g/mol. The van der Waals surface area contributed by atoms with E-state index in [-0.39, 0.29) is 10.0 Å². The molecule has 1 rings (SSSR count). The van der Waals surface area contributed by atoms with E-state index in [1.807, 2.05) is 0 Å². The molecular formula is C9H7ClN4O2S. The molecule has 0 aliphatic carbocycles. The van der Waals surface area contributed by atoms with Crippen molar-refractivity contribution in [3.8, 4) is 12.1 Å². The largest absolute Gasteiger partial charge is 0.248 e. The molecule has 0 saturated heterocycles. The van der Waals surface area contributed by atoms with Gasteiger partial charge in [0.25, 0.3) is 0 Å². The van der Waals surface area contributed by atoms with E-state index >= 15 is 0 Å². The Hall–Kier alpha value is -1.67. The minimum atomic E-state index is -3.96. The zero-order valence-electron chi connectivity index (χ0n) is 8.54. The molecule has 0 aliphatic rings. The molecule has 0 atom stereocenters. The van der Waals surface area contributed by atoms with Gasteiger partial charge in [0.05, 0.1) is 12.1 Å². The molecule has 6 nitrogen and oxygen atoms in total. The maximum absolute atomic E-state index is 12.0. The van der Waals surface area contributed by atoms with Gasteiger partial charge in [-0.1, -0.05) is 11.6 Å². The molecule has 0 aliphatic heterocycles. The van der Waals surface area contributed by atoms with Crippen LogP contribution in [0.25, 0.3) is 0 Å². The normalized spacial score (nSPS) is 10.8. The zero-order valence-corrected chi connectivity index (χ0v) is 10.1. The smallest absolute Gasteiger partial charge is 0.243 e. The second-order valence-corrected chi connectivity index (χ2v) is 5.15. The van der Waals surface area contributed by atoms with E-state index in [2.05, 4.69) is 4.98 Å². The summed E-state index contributed by atoms with van der Waals surface area (Å²) < 4.78 is 24.8. The van der Waals surface area contributed by atoms with Crippen LogP contribution >= 0.6 is 11.6 Å². The number of halogens is 1. The Balaban J connectivity index is 3.23. The quantitative estimate of drug-likeness (QED) is 0.594. The van der Waals surface area contributed by atoms with Gasteiger partial charge in [0.1, 0.15) is 23.1 Å². The SMILES string of the molecule is N#CCN(CC#N)S(=O)(=O)c1cccnc1Cl. The van der Waals surface area contributed by atoms with E-state index in [1.54, 1.807) is 12.1 Å². The summed E-state index contributed by atoms with van der Waals surface area (Å²) in [4.78, 5) is 3.43. The first-order valence-corrected chi connectivity index (χ1v) is 6.20. The number of hydrogen-bond donors (Lipinski definition) is 0. The van der Waals surface area contributed by atoms with Crippen molar-refractivity contribution in [2.24, 2.45) is 0 Å². The van der Waals surface area contributed by atoms with Crippen molar-refractivity contribution in [3.63, 3.8) is 0 Å². The molecule has 0 fully saturated rings. The highest BCUT2D eigenvalue weighted by molar-refractivity contribution is 7.89. The lowest BCUT2D eigenvalue weighted by Crippen LogP contribution is -2.32. The van der Waals surface area contributed by atoms with Gasteiger partial charge in [0.15, 0.2) is 0 Å². The van der Waals surface area contributed by atoms with Gasteiger partial charge >= 0.3 is 0 Å². The van der Waals surface area contributed by atoms with Crippen LogP contribution in [0.3, 0.4) is 0 Å². The maximum atomic E-state index is 12.0. The molecule has 0 saturated carbocycles. The first kappa shape index (κ1) is 13.4. The maximum Gasteiger partial charge on any atom is 0.248 e. The fourth-order valence-corrected chi connectivity index (χ4v) is 2.75. The third-order valence-electron chi connectivity index (χ3n) is 1.84. The number of pyridine rings is 1. The van der Waals surface area contributed by atoms with E-state index in [4.69, 9.17) is 22.1 Å². The van der Waals surface area contributed by atoms with Crippen LogP contribution in [0.1, 0.15) is 0 Å². The van der Waals surface area contributed by atoms with Crippen LogP contribution in [0.15, 0.2) is 23.2 Å². The lowest BCUT2D eigenvalue weighted by atomic mass is 10.5. The number of nitriles is 2. The molecule has 1 aromatic heterocycles. The van der Waals surface area contributed by atoms with Crippen molar-refractivity contribution in [1.29, 1.82) is 10.5 Å². The standard InChI is InChI=1S/C9H7ClN4O2S/c10-9-8(2-1-5-13-9)17(15,16)14(6-3-11)7-4-12/h1-2,5H,6-7H2. The van der Waals surface area contributed by atoms with Crippen LogP contribution in [0, 0.1) is 22.7 Å². The van der Waals surface area contributed by atoms with Crippen molar-refractivity contribution in [2.45, 2.75) is 4.90 Å². The lowest BCUT2D eigenvalue weighted by Gasteiger charge is -2.15. The molecule has 8 heteroatoms. The summed E-state index contributed by atoms with van der Waals surface area (Å²) in [6.07, 6.45) is 1.35. The fraction of sp³-hybridized carbons (Fsp3) is 0.222. The van der Waals surface area contributed by atoms with Crippen LogP contribution in [0.2, 0.25) is 5.15 Å². The number of sulfonamides is 1. The third-order valence-corrected chi connectivity index (χ3v) is 4.07. The molecule has 0 unspecified atom stereocenters. The van der Waals surface area contributed by atoms with E-state index in [1.165, 1.54) is 18.3 Å². The Labute approximate surface area is 104 Å². The topological polar surface area (TPSA) is 97.9 Å². The lowest BCUT2D eigenvalue weighted by molar-refractivity contribution is 0.479. The molecule has 0 amide bonds. The molecule has 17 heavy (non-hydrogen) atoms. The van der Waals surface area contributed by atoms with Crippen LogP contribution in [-0.4, -0.2) is 30.8 Å². The molecule has 0 aromatic carbocycles. The first-order chi connectivity index (χ1) is 8.04. The van der Waals surface area contributed by atoms with Gasteiger partial charge in [-0.25, -0.2) is 13.4 Å². The third kappa shape index (κ3) is 2.92. The van der Waals surface area contributed by atoms with Crippen molar-refractivity contribution < 1.29 is 8.42 Å². The summed E-state index contributed by atoms with van der Waals surface area (Å²) in [6.45, 7) is -0.831. The summed E-state index contributed by atoms with van der Waals surface area (Å²) in [5.74, 6) is 0. The van der Waals surface area contributed by atoms with Crippen LogP contribution in [-0.2, 0) is 10.0 Å². The van der Waals surface area contributed by atoms with Gasteiger partial charge in [-0.3, -0.25) is 0 Å². The molecule has 0 bridgehead atoms. The van der Waals surface area contributed by atoms with Crippen LogP contribution in [0.4, 0.5) is 0 Å². The molecular weight excluding hydrogens is 264 g/mol. The molecule has 1 heterocycles. The van der Waals surface area contributed by atoms with E-state index in [0.29, 0.717) is 0 Å². The predicted molar refractivity (Wildman–Crippen MR) is 59.2 cm³/mol. The zero-order chi connectivity index (χ0) is 12.9. The number of nitrogens with zero attached hydrogens (tertiary/aromatic N) is 4. The summed E-state index contributed by atoms with van der Waals surface area (Å²) in [5, 5.41) is 16.9. The van der Waals surface area contributed by atoms with Crippen molar-refractivity contribution in [3.05, 3.63) is 23.5 Å². The van der Waals surface area contributed by atoms with Gasteiger partial charge in [-0.05, 0) is 12.1 Å². The molecule has 0 radical (unpaired) electrons. The summed E-state index contributed by atoms with van der Waals surface area (Å²) in [7, 11) is -3.96. The number of rotatable bonds is 4. The Morgan fingerprint density at radius 3 is 2.41 bits per heavy atom. The Morgan fingerprint density at radius 2 is 1.94 bits per heavy atom.